The van der Waals surface area contributed by atoms with Crippen molar-refractivity contribution < 1.29 is 8.42 Å². The number of nitrogens with one attached hydrogen (secondary N) is 1. The van der Waals surface area contributed by atoms with Crippen LogP contribution in [0.2, 0.25) is 0 Å². The predicted octanol–water partition coefficient (Wildman–Crippen LogP) is 3.22. The van der Waals surface area contributed by atoms with Crippen LogP contribution in [-0.2, 0) is 9.84 Å². The lowest BCUT2D eigenvalue weighted by Gasteiger charge is -2.12. The molecule has 1 aromatic rings. The molecule has 0 aromatic heterocycles. The zero-order valence-corrected chi connectivity index (χ0v) is 12.6. The second kappa shape index (κ2) is 6.06. The minimum Gasteiger partial charge on any atom is -0.384 e. The molecule has 0 unspecified atom stereocenters. The van der Waals surface area contributed by atoms with Gasteiger partial charge in [0.25, 0.3) is 0 Å². The van der Waals surface area contributed by atoms with E-state index in [-0.39, 0.29) is 11.0 Å². The Kier molecular flexibility index (Phi) is 4.67. The molecule has 0 spiro atoms. The van der Waals surface area contributed by atoms with Crippen molar-refractivity contribution in [2.24, 2.45) is 0 Å². The Bertz CT molecular complexity index is 478. The summed E-state index contributed by atoms with van der Waals surface area (Å²) in [6.07, 6.45) is 3.81. The molecular formula is C13H18BrNO2S. The Morgan fingerprint density at radius 2 is 1.78 bits per heavy atom. The summed E-state index contributed by atoms with van der Waals surface area (Å²) in [6, 6.07) is 7.75. The molecule has 1 N–H and O–H groups in total. The van der Waals surface area contributed by atoms with Gasteiger partial charge in [-0.25, -0.2) is 8.42 Å². The second-order valence-corrected chi connectivity index (χ2v) is 8.02. The van der Waals surface area contributed by atoms with Gasteiger partial charge in [-0.3, -0.25) is 0 Å². The smallest absolute Gasteiger partial charge is 0.154 e. The highest BCUT2D eigenvalue weighted by atomic mass is 79.9. The fraction of sp³-hybridized carbons (Fsp3) is 0.538. The van der Waals surface area contributed by atoms with E-state index in [2.05, 4.69) is 21.2 Å². The molecular weight excluding hydrogens is 314 g/mol. The van der Waals surface area contributed by atoms with Crippen molar-refractivity contribution in [3.63, 3.8) is 0 Å². The summed E-state index contributed by atoms with van der Waals surface area (Å²) in [7, 11) is -2.91. The summed E-state index contributed by atoms with van der Waals surface area (Å²) in [4.78, 5) is 0. The third-order valence-corrected chi connectivity index (χ3v) is 6.16. The summed E-state index contributed by atoms with van der Waals surface area (Å²) in [5.41, 5.74) is 0.958. The quantitative estimate of drug-likeness (QED) is 0.901. The van der Waals surface area contributed by atoms with E-state index in [1.54, 1.807) is 0 Å². The van der Waals surface area contributed by atoms with Crippen molar-refractivity contribution in [3.05, 3.63) is 28.7 Å². The first-order chi connectivity index (χ1) is 8.58. The molecule has 0 aliphatic heterocycles. The van der Waals surface area contributed by atoms with Crippen molar-refractivity contribution >= 4 is 31.5 Å². The van der Waals surface area contributed by atoms with Crippen LogP contribution in [-0.4, -0.2) is 26.0 Å². The number of sulfone groups is 1. The van der Waals surface area contributed by atoms with Crippen LogP contribution >= 0.6 is 15.9 Å². The lowest BCUT2D eigenvalue weighted by molar-refractivity contribution is 0.580. The first kappa shape index (κ1) is 13.9. The largest absolute Gasteiger partial charge is 0.384 e. The van der Waals surface area contributed by atoms with E-state index in [9.17, 15) is 8.42 Å². The van der Waals surface area contributed by atoms with Gasteiger partial charge in [0.15, 0.2) is 9.84 Å². The molecule has 1 aliphatic rings. The van der Waals surface area contributed by atoms with Gasteiger partial charge >= 0.3 is 0 Å². The van der Waals surface area contributed by atoms with Crippen LogP contribution in [0.25, 0.3) is 0 Å². The number of hydrogen-bond acceptors (Lipinski definition) is 3. The molecule has 0 saturated heterocycles. The summed E-state index contributed by atoms with van der Waals surface area (Å²) in [6.45, 7) is 0.487. The van der Waals surface area contributed by atoms with Crippen molar-refractivity contribution in [1.82, 2.24) is 0 Å². The minimum atomic E-state index is -2.91. The van der Waals surface area contributed by atoms with Crippen LogP contribution in [0, 0.1) is 0 Å². The van der Waals surface area contributed by atoms with Gasteiger partial charge in [0.1, 0.15) is 0 Å². The number of rotatable bonds is 5. The highest BCUT2D eigenvalue weighted by Gasteiger charge is 2.27. The maximum Gasteiger partial charge on any atom is 0.154 e. The summed E-state index contributed by atoms with van der Waals surface area (Å²) in [5.74, 6) is 0.230. The first-order valence-electron chi connectivity index (χ1n) is 6.29. The highest BCUT2D eigenvalue weighted by Crippen LogP contribution is 2.25. The third kappa shape index (κ3) is 3.72. The van der Waals surface area contributed by atoms with E-state index in [4.69, 9.17) is 0 Å². The van der Waals surface area contributed by atoms with Crippen molar-refractivity contribution in [3.8, 4) is 0 Å². The molecule has 0 atom stereocenters. The van der Waals surface area contributed by atoms with Crippen LogP contribution in [0.15, 0.2) is 28.7 Å². The maximum atomic E-state index is 12.0. The van der Waals surface area contributed by atoms with Crippen LogP contribution in [0.5, 0.6) is 0 Å². The zero-order valence-electron chi connectivity index (χ0n) is 10.2. The fourth-order valence-electron chi connectivity index (χ4n) is 2.32. The van der Waals surface area contributed by atoms with Crippen molar-refractivity contribution in [1.29, 1.82) is 0 Å². The molecule has 3 nitrogen and oxygen atoms in total. The van der Waals surface area contributed by atoms with Gasteiger partial charge in [-0.15, -0.1) is 0 Å². The van der Waals surface area contributed by atoms with Gasteiger partial charge in [-0.2, -0.15) is 0 Å². The minimum absolute atomic E-state index is 0.0933. The molecule has 18 heavy (non-hydrogen) atoms. The average Bonchev–Trinajstić information content (AvgIpc) is 2.86. The maximum absolute atomic E-state index is 12.0. The van der Waals surface area contributed by atoms with E-state index in [1.807, 2.05) is 24.3 Å². The molecule has 0 amide bonds. The van der Waals surface area contributed by atoms with Crippen LogP contribution < -0.4 is 5.32 Å². The van der Waals surface area contributed by atoms with E-state index < -0.39 is 9.84 Å². The van der Waals surface area contributed by atoms with E-state index in [1.165, 1.54) is 0 Å². The van der Waals surface area contributed by atoms with E-state index in [0.29, 0.717) is 6.54 Å². The Morgan fingerprint density at radius 3 is 2.39 bits per heavy atom. The summed E-state index contributed by atoms with van der Waals surface area (Å²) >= 11 is 3.37. The molecule has 0 radical (unpaired) electrons. The Balaban J connectivity index is 1.82. The molecule has 0 heterocycles. The lowest BCUT2D eigenvalue weighted by Crippen LogP contribution is -2.25. The van der Waals surface area contributed by atoms with Crippen LogP contribution in [0.3, 0.4) is 0 Å². The van der Waals surface area contributed by atoms with Crippen molar-refractivity contribution in [2.45, 2.75) is 30.9 Å². The van der Waals surface area contributed by atoms with Gasteiger partial charge in [0.05, 0.1) is 11.0 Å². The zero-order chi connectivity index (χ0) is 13.0. The Morgan fingerprint density at radius 1 is 1.17 bits per heavy atom. The van der Waals surface area contributed by atoms with Gasteiger partial charge in [-0.1, -0.05) is 28.8 Å². The Hall–Kier alpha value is -0.550. The molecule has 1 fully saturated rings. The topological polar surface area (TPSA) is 46.2 Å². The normalized spacial score (nSPS) is 16.9. The summed E-state index contributed by atoms with van der Waals surface area (Å²) < 4.78 is 25.1. The third-order valence-electron chi connectivity index (χ3n) is 3.37. The van der Waals surface area contributed by atoms with E-state index >= 15 is 0 Å². The van der Waals surface area contributed by atoms with Crippen LogP contribution in [0.1, 0.15) is 25.7 Å². The SMILES string of the molecule is O=S(=O)(CCNc1ccc(Br)cc1)C1CCCC1. The number of halogens is 1. The second-order valence-electron chi connectivity index (χ2n) is 4.71. The van der Waals surface area contributed by atoms with E-state index in [0.717, 1.165) is 35.8 Å². The summed E-state index contributed by atoms with van der Waals surface area (Å²) in [5, 5.41) is 3.06. The molecule has 5 heteroatoms. The molecule has 1 aliphatic carbocycles. The first-order valence-corrected chi connectivity index (χ1v) is 8.80. The molecule has 1 aromatic carbocycles. The fourth-order valence-corrected chi connectivity index (χ4v) is 4.36. The van der Waals surface area contributed by atoms with Gasteiger partial charge in [-0.05, 0) is 37.1 Å². The van der Waals surface area contributed by atoms with Gasteiger partial charge < -0.3 is 5.32 Å². The number of anilines is 1. The number of benzene rings is 1. The lowest BCUT2D eigenvalue weighted by atomic mass is 10.3. The average molecular weight is 332 g/mol. The molecule has 0 bridgehead atoms. The number of hydrogen-bond donors (Lipinski definition) is 1. The highest BCUT2D eigenvalue weighted by molar-refractivity contribution is 9.10. The molecule has 100 valence electrons. The standard InChI is InChI=1S/C13H18BrNO2S/c14-11-5-7-12(8-6-11)15-9-10-18(16,17)13-3-1-2-4-13/h5-8,13,15H,1-4,9-10H2. The Labute approximate surface area is 117 Å². The van der Waals surface area contributed by atoms with Crippen LogP contribution in [0.4, 0.5) is 5.69 Å². The molecule has 1 saturated carbocycles. The monoisotopic (exact) mass is 331 g/mol. The predicted molar refractivity (Wildman–Crippen MR) is 78.7 cm³/mol. The van der Waals surface area contributed by atoms with Gasteiger partial charge in [0.2, 0.25) is 0 Å². The van der Waals surface area contributed by atoms with Gasteiger partial charge in [0, 0.05) is 16.7 Å². The van der Waals surface area contributed by atoms with Crippen molar-refractivity contribution in [2.75, 3.05) is 17.6 Å². The molecule has 2 rings (SSSR count).